The van der Waals surface area contributed by atoms with Crippen molar-refractivity contribution in [1.82, 2.24) is 4.90 Å². The molecule has 1 aliphatic carbocycles. The lowest BCUT2D eigenvalue weighted by molar-refractivity contribution is 0.0231. The molecule has 0 radical (unpaired) electrons. The molecule has 1 saturated carbocycles. The summed E-state index contributed by atoms with van der Waals surface area (Å²) in [5.41, 5.74) is 5.79. The summed E-state index contributed by atoms with van der Waals surface area (Å²) in [5.74, 6) is 1.79. The van der Waals surface area contributed by atoms with Gasteiger partial charge in [-0.1, -0.05) is 33.1 Å². The minimum atomic E-state index is 0.784. The van der Waals surface area contributed by atoms with Gasteiger partial charge >= 0.3 is 0 Å². The summed E-state index contributed by atoms with van der Waals surface area (Å²) >= 11 is 0. The minimum Gasteiger partial charge on any atom is -0.330 e. The molecule has 2 heteroatoms. The lowest BCUT2D eigenvalue weighted by Crippen LogP contribution is -2.51. The summed E-state index contributed by atoms with van der Waals surface area (Å²) in [6, 6.07) is 1.63. The van der Waals surface area contributed by atoms with E-state index < -0.39 is 0 Å². The molecule has 4 atom stereocenters. The second-order valence-electron chi connectivity index (χ2n) is 6.30. The van der Waals surface area contributed by atoms with Gasteiger partial charge in [-0.3, -0.25) is 4.90 Å². The molecule has 2 nitrogen and oxygen atoms in total. The number of piperidine rings is 1. The van der Waals surface area contributed by atoms with Gasteiger partial charge in [0.25, 0.3) is 0 Å². The molecular weight excluding hydrogens is 208 g/mol. The summed E-state index contributed by atoms with van der Waals surface area (Å²) in [7, 11) is 0. The third-order valence-electron chi connectivity index (χ3n) is 5.26. The number of nitrogens with zero attached hydrogens (tertiary/aromatic N) is 1. The van der Waals surface area contributed by atoms with Crippen molar-refractivity contribution < 1.29 is 0 Å². The SMILES string of the molecule is CC1CCCC(N2CCCCC2CCN)C1C. The van der Waals surface area contributed by atoms with Gasteiger partial charge in [-0.15, -0.1) is 0 Å². The Morgan fingerprint density at radius 1 is 1.06 bits per heavy atom. The van der Waals surface area contributed by atoms with E-state index >= 15 is 0 Å². The Hall–Kier alpha value is -0.0800. The van der Waals surface area contributed by atoms with Gasteiger partial charge in [0.05, 0.1) is 0 Å². The monoisotopic (exact) mass is 238 g/mol. The number of likely N-dealkylation sites (tertiary alicyclic amines) is 1. The maximum Gasteiger partial charge on any atom is 0.0126 e. The molecule has 2 N–H and O–H groups in total. The first-order valence-corrected chi connectivity index (χ1v) is 7.70. The summed E-state index contributed by atoms with van der Waals surface area (Å²) < 4.78 is 0. The van der Waals surface area contributed by atoms with E-state index in [4.69, 9.17) is 5.73 Å². The Morgan fingerprint density at radius 3 is 2.65 bits per heavy atom. The molecule has 0 amide bonds. The summed E-state index contributed by atoms with van der Waals surface area (Å²) in [4.78, 5) is 2.83. The molecule has 0 aromatic heterocycles. The van der Waals surface area contributed by atoms with Crippen LogP contribution < -0.4 is 5.73 Å². The predicted molar refractivity (Wildman–Crippen MR) is 74.0 cm³/mol. The first-order valence-electron chi connectivity index (χ1n) is 7.70. The van der Waals surface area contributed by atoms with E-state index in [9.17, 15) is 0 Å². The van der Waals surface area contributed by atoms with Crippen molar-refractivity contribution >= 4 is 0 Å². The van der Waals surface area contributed by atoms with Crippen molar-refractivity contribution in [2.45, 2.75) is 70.9 Å². The average molecular weight is 238 g/mol. The molecule has 1 aliphatic heterocycles. The topological polar surface area (TPSA) is 29.3 Å². The van der Waals surface area contributed by atoms with E-state index in [0.29, 0.717) is 0 Å². The van der Waals surface area contributed by atoms with Gasteiger partial charge in [-0.2, -0.15) is 0 Å². The zero-order chi connectivity index (χ0) is 12.3. The van der Waals surface area contributed by atoms with Gasteiger partial charge in [0.1, 0.15) is 0 Å². The molecule has 1 heterocycles. The molecule has 0 bridgehead atoms. The van der Waals surface area contributed by atoms with Crippen molar-refractivity contribution in [3.63, 3.8) is 0 Å². The van der Waals surface area contributed by atoms with Crippen LogP contribution in [0.15, 0.2) is 0 Å². The van der Waals surface area contributed by atoms with Gasteiger partial charge in [-0.25, -0.2) is 0 Å². The molecule has 100 valence electrons. The molecule has 2 aliphatic rings. The fraction of sp³-hybridized carbons (Fsp3) is 1.00. The summed E-state index contributed by atoms with van der Waals surface area (Å²) in [5, 5.41) is 0. The van der Waals surface area contributed by atoms with Crippen LogP contribution >= 0.6 is 0 Å². The Balaban J connectivity index is 2.01. The summed E-state index contributed by atoms with van der Waals surface area (Å²) in [6.45, 7) is 7.10. The minimum absolute atomic E-state index is 0.784. The maximum absolute atomic E-state index is 5.79. The third-order valence-corrected chi connectivity index (χ3v) is 5.26. The highest BCUT2D eigenvalue weighted by Crippen LogP contribution is 2.36. The quantitative estimate of drug-likeness (QED) is 0.819. The first-order chi connectivity index (χ1) is 8.24. The Bertz CT molecular complexity index is 227. The van der Waals surface area contributed by atoms with Crippen LogP contribution in [0, 0.1) is 11.8 Å². The number of hydrogen-bond donors (Lipinski definition) is 1. The third kappa shape index (κ3) is 3.03. The molecule has 0 spiro atoms. The summed E-state index contributed by atoms with van der Waals surface area (Å²) in [6.07, 6.45) is 9.70. The van der Waals surface area contributed by atoms with Crippen molar-refractivity contribution in [2.24, 2.45) is 17.6 Å². The van der Waals surface area contributed by atoms with Gasteiger partial charge in [-0.05, 0) is 50.6 Å². The smallest absolute Gasteiger partial charge is 0.0126 e. The van der Waals surface area contributed by atoms with E-state index in [0.717, 1.165) is 30.5 Å². The Morgan fingerprint density at radius 2 is 1.88 bits per heavy atom. The Kier molecular flexibility index (Phi) is 4.87. The van der Waals surface area contributed by atoms with Crippen LogP contribution in [-0.2, 0) is 0 Å². The van der Waals surface area contributed by atoms with Crippen molar-refractivity contribution in [3.8, 4) is 0 Å². The maximum atomic E-state index is 5.79. The second kappa shape index (κ2) is 6.19. The van der Waals surface area contributed by atoms with Crippen molar-refractivity contribution in [2.75, 3.05) is 13.1 Å². The average Bonchev–Trinajstić information content (AvgIpc) is 2.34. The molecule has 17 heavy (non-hydrogen) atoms. The van der Waals surface area contributed by atoms with E-state index in [1.165, 1.54) is 51.5 Å². The van der Waals surface area contributed by atoms with E-state index in [2.05, 4.69) is 18.7 Å². The van der Waals surface area contributed by atoms with Gasteiger partial charge in [0.2, 0.25) is 0 Å². The van der Waals surface area contributed by atoms with Crippen molar-refractivity contribution in [3.05, 3.63) is 0 Å². The standard InChI is InChI=1S/C15H30N2/c1-12-6-5-8-15(13(12)2)17-11-4-3-7-14(17)9-10-16/h12-15H,3-11,16H2,1-2H3. The second-order valence-corrected chi connectivity index (χ2v) is 6.30. The van der Waals surface area contributed by atoms with Crippen LogP contribution in [0.5, 0.6) is 0 Å². The fourth-order valence-electron chi connectivity index (χ4n) is 3.98. The zero-order valence-electron chi connectivity index (χ0n) is 11.7. The first kappa shape index (κ1) is 13.4. The van der Waals surface area contributed by atoms with E-state index in [1.807, 2.05) is 0 Å². The van der Waals surface area contributed by atoms with Crippen LogP contribution in [0.2, 0.25) is 0 Å². The molecule has 2 rings (SSSR count). The molecule has 0 aromatic carbocycles. The normalized spacial score (nSPS) is 40.4. The highest BCUT2D eigenvalue weighted by atomic mass is 15.2. The molecular formula is C15H30N2. The molecule has 1 saturated heterocycles. The number of hydrogen-bond acceptors (Lipinski definition) is 2. The lowest BCUT2D eigenvalue weighted by atomic mass is 9.76. The largest absolute Gasteiger partial charge is 0.330 e. The van der Waals surface area contributed by atoms with Crippen LogP contribution in [0.1, 0.15) is 58.8 Å². The lowest BCUT2D eigenvalue weighted by Gasteiger charge is -2.47. The van der Waals surface area contributed by atoms with Crippen molar-refractivity contribution in [1.29, 1.82) is 0 Å². The van der Waals surface area contributed by atoms with E-state index in [-0.39, 0.29) is 0 Å². The van der Waals surface area contributed by atoms with Gasteiger partial charge in [0, 0.05) is 12.1 Å². The van der Waals surface area contributed by atoms with Gasteiger partial charge < -0.3 is 5.73 Å². The number of rotatable bonds is 3. The molecule has 4 unspecified atom stereocenters. The molecule has 0 aromatic rings. The highest BCUT2D eigenvalue weighted by Gasteiger charge is 2.35. The van der Waals surface area contributed by atoms with Crippen LogP contribution in [0.25, 0.3) is 0 Å². The number of nitrogens with two attached hydrogens (primary N) is 1. The van der Waals surface area contributed by atoms with E-state index in [1.54, 1.807) is 0 Å². The zero-order valence-corrected chi connectivity index (χ0v) is 11.7. The van der Waals surface area contributed by atoms with Crippen LogP contribution in [0.4, 0.5) is 0 Å². The van der Waals surface area contributed by atoms with Gasteiger partial charge in [0.15, 0.2) is 0 Å². The molecule has 2 fully saturated rings. The predicted octanol–water partition coefficient (Wildman–Crippen LogP) is 3.01. The highest BCUT2D eigenvalue weighted by molar-refractivity contribution is 4.89. The van der Waals surface area contributed by atoms with Crippen LogP contribution in [-0.4, -0.2) is 30.1 Å². The van der Waals surface area contributed by atoms with Crippen LogP contribution in [0.3, 0.4) is 0 Å². The Labute approximate surface area is 107 Å². The fourth-order valence-corrected chi connectivity index (χ4v) is 3.98.